The lowest BCUT2D eigenvalue weighted by atomic mass is 9.91. The van der Waals surface area contributed by atoms with Crippen molar-refractivity contribution in [3.05, 3.63) is 30.2 Å². The van der Waals surface area contributed by atoms with Gasteiger partial charge in [0, 0.05) is 31.2 Å². The van der Waals surface area contributed by atoms with E-state index < -0.39 is 0 Å². The molecule has 4 rings (SSSR count). The molecule has 0 radical (unpaired) electrons. The molecule has 0 bridgehead atoms. The van der Waals surface area contributed by atoms with Gasteiger partial charge in [0.25, 0.3) is 0 Å². The molecule has 0 aromatic carbocycles. The fourth-order valence-electron chi connectivity index (χ4n) is 4.39. The van der Waals surface area contributed by atoms with Crippen molar-refractivity contribution in [2.75, 3.05) is 38.2 Å². The number of hydrogen-bond acceptors (Lipinski definition) is 7. The summed E-state index contributed by atoms with van der Waals surface area (Å²) < 4.78 is 14.1. The minimum Gasteiger partial charge on any atom is -0.495 e. The monoisotopic (exact) mass is 373 g/mol. The van der Waals surface area contributed by atoms with Crippen LogP contribution in [0.15, 0.2) is 24.5 Å². The fourth-order valence-corrected chi connectivity index (χ4v) is 4.83. The highest BCUT2D eigenvalue weighted by Gasteiger charge is 2.29. The number of methoxy groups -OCH3 is 1. The second-order valence-electron chi connectivity index (χ2n) is 7.24. The highest BCUT2D eigenvalue weighted by Crippen LogP contribution is 2.34. The Morgan fingerprint density at radius 1 is 1.12 bits per heavy atom. The smallest absolute Gasteiger partial charge is 0.162 e. The first kappa shape index (κ1) is 17.7. The molecule has 1 atom stereocenters. The van der Waals surface area contributed by atoms with E-state index in [0.29, 0.717) is 12.0 Å². The van der Waals surface area contributed by atoms with E-state index in [1.807, 2.05) is 24.5 Å². The SMILES string of the molecule is COc1cccnc1C1CCN(C2CCCN(c3cnsn3)CC2)CC1. The Morgan fingerprint density at radius 3 is 2.77 bits per heavy atom. The number of ether oxygens (including phenoxy) is 1. The van der Waals surface area contributed by atoms with Crippen molar-refractivity contribution in [3.63, 3.8) is 0 Å². The van der Waals surface area contributed by atoms with Gasteiger partial charge in [0.1, 0.15) is 5.75 Å². The molecule has 0 amide bonds. The number of piperidine rings is 1. The number of nitrogens with zero attached hydrogens (tertiary/aromatic N) is 5. The first-order chi connectivity index (χ1) is 12.8. The quantitative estimate of drug-likeness (QED) is 0.820. The molecule has 0 saturated carbocycles. The van der Waals surface area contributed by atoms with Crippen LogP contribution < -0.4 is 9.64 Å². The summed E-state index contributed by atoms with van der Waals surface area (Å²) in [7, 11) is 1.74. The number of likely N-dealkylation sites (tertiary alicyclic amines) is 1. The molecule has 0 spiro atoms. The lowest BCUT2D eigenvalue weighted by Crippen LogP contribution is -2.41. The van der Waals surface area contributed by atoms with Gasteiger partial charge in [-0.25, -0.2) is 0 Å². The third-order valence-corrected chi connectivity index (χ3v) is 6.29. The predicted molar refractivity (Wildman–Crippen MR) is 104 cm³/mol. The standard InChI is InChI=1S/C19H27N5OS/c1-25-17-5-2-9-20-19(17)15-6-11-23(12-7-15)16-4-3-10-24(13-8-16)18-14-21-26-22-18/h2,5,9,14-16H,3-4,6-8,10-13H2,1H3. The number of anilines is 1. The third kappa shape index (κ3) is 3.83. The van der Waals surface area contributed by atoms with Gasteiger partial charge in [0.05, 0.1) is 30.7 Å². The average Bonchev–Trinajstić information content (AvgIpc) is 3.13. The van der Waals surface area contributed by atoms with Crippen molar-refractivity contribution < 1.29 is 4.74 Å². The molecule has 4 heterocycles. The van der Waals surface area contributed by atoms with E-state index in [-0.39, 0.29) is 0 Å². The Morgan fingerprint density at radius 2 is 2.00 bits per heavy atom. The van der Waals surface area contributed by atoms with Gasteiger partial charge >= 0.3 is 0 Å². The second kappa shape index (κ2) is 8.31. The van der Waals surface area contributed by atoms with E-state index in [1.54, 1.807) is 7.11 Å². The lowest BCUT2D eigenvalue weighted by Gasteiger charge is -2.37. The van der Waals surface area contributed by atoms with Gasteiger partial charge in [-0.1, -0.05) is 0 Å². The maximum Gasteiger partial charge on any atom is 0.162 e. The summed E-state index contributed by atoms with van der Waals surface area (Å²) in [6.45, 7) is 4.51. The van der Waals surface area contributed by atoms with Crippen LogP contribution in [0.3, 0.4) is 0 Å². The van der Waals surface area contributed by atoms with E-state index in [0.717, 1.165) is 43.4 Å². The van der Waals surface area contributed by atoms with Crippen LogP contribution in [0.25, 0.3) is 0 Å². The molecule has 2 fully saturated rings. The number of pyridine rings is 1. The molecule has 140 valence electrons. The number of rotatable bonds is 4. The largest absolute Gasteiger partial charge is 0.495 e. The second-order valence-corrected chi connectivity index (χ2v) is 7.80. The maximum atomic E-state index is 5.51. The van der Waals surface area contributed by atoms with Gasteiger partial charge in [-0.2, -0.15) is 8.75 Å². The molecular formula is C19H27N5OS. The Kier molecular flexibility index (Phi) is 5.65. The highest BCUT2D eigenvalue weighted by atomic mass is 32.1. The topological polar surface area (TPSA) is 54.4 Å². The van der Waals surface area contributed by atoms with Crippen LogP contribution in [-0.4, -0.2) is 58.0 Å². The highest BCUT2D eigenvalue weighted by molar-refractivity contribution is 6.99. The summed E-state index contributed by atoms with van der Waals surface area (Å²) >= 11 is 1.30. The molecule has 2 aliphatic rings. The van der Waals surface area contributed by atoms with Gasteiger partial charge in [-0.3, -0.25) is 4.98 Å². The van der Waals surface area contributed by atoms with Crippen molar-refractivity contribution in [3.8, 4) is 5.75 Å². The van der Waals surface area contributed by atoms with Crippen LogP contribution in [0.5, 0.6) is 5.75 Å². The molecule has 0 aliphatic carbocycles. The zero-order chi connectivity index (χ0) is 17.8. The molecule has 7 heteroatoms. The van der Waals surface area contributed by atoms with Gasteiger partial charge in [0.2, 0.25) is 0 Å². The van der Waals surface area contributed by atoms with Gasteiger partial charge in [-0.15, -0.1) is 0 Å². The van der Waals surface area contributed by atoms with E-state index in [1.165, 1.54) is 43.8 Å². The summed E-state index contributed by atoms with van der Waals surface area (Å²) in [5.74, 6) is 2.51. The van der Waals surface area contributed by atoms with Crippen LogP contribution in [0, 0.1) is 0 Å². The van der Waals surface area contributed by atoms with Crippen LogP contribution >= 0.6 is 11.7 Å². The Bertz CT molecular complexity index is 687. The van der Waals surface area contributed by atoms with Crippen molar-refractivity contribution >= 4 is 17.5 Å². The lowest BCUT2D eigenvalue weighted by molar-refractivity contribution is 0.140. The Labute approximate surface area is 159 Å². The minimum absolute atomic E-state index is 0.519. The summed E-state index contributed by atoms with van der Waals surface area (Å²) in [5.41, 5.74) is 1.14. The van der Waals surface area contributed by atoms with Crippen LogP contribution in [0.2, 0.25) is 0 Å². The van der Waals surface area contributed by atoms with Crippen molar-refractivity contribution in [1.29, 1.82) is 0 Å². The predicted octanol–water partition coefficient (Wildman–Crippen LogP) is 3.18. The minimum atomic E-state index is 0.519. The Balaban J connectivity index is 1.33. The molecule has 1 unspecified atom stereocenters. The normalized spacial score (nSPS) is 23.0. The molecular weight excluding hydrogens is 346 g/mol. The molecule has 6 nitrogen and oxygen atoms in total. The van der Waals surface area contributed by atoms with Gasteiger partial charge in [0.15, 0.2) is 5.82 Å². The third-order valence-electron chi connectivity index (χ3n) is 5.82. The number of hydrogen-bond donors (Lipinski definition) is 0. The van der Waals surface area contributed by atoms with Crippen molar-refractivity contribution in [2.45, 2.75) is 44.1 Å². The van der Waals surface area contributed by atoms with Gasteiger partial charge in [-0.05, 0) is 57.3 Å². The molecule has 26 heavy (non-hydrogen) atoms. The van der Waals surface area contributed by atoms with Crippen molar-refractivity contribution in [2.24, 2.45) is 0 Å². The molecule has 0 N–H and O–H groups in total. The van der Waals surface area contributed by atoms with Crippen LogP contribution in [0.1, 0.15) is 43.7 Å². The molecule has 2 saturated heterocycles. The van der Waals surface area contributed by atoms with Gasteiger partial charge < -0.3 is 14.5 Å². The summed E-state index contributed by atoms with van der Waals surface area (Å²) in [4.78, 5) is 9.70. The molecule has 2 aromatic heterocycles. The zero-order valence-electron chi connectivity index (χ0n) is 15.4. The van der Waals surface area contributed by atoms with Crippen molar-refractivity contribution in [1.82, 2.24) is 18.6 Å². The fraction of sp³-hybridized carbons (Fsp3) is 0.632. The van der Waals surface area contributed by atoms with E-state index in [4.69, 9.17) is 4.74 Å². The summed E-state index contributed by atoms with van der Waals surface area (Å²) in [6.07, 6.45) is 9.86. The zero-order valence-corrected chi connectivity index (χ0v) is 16.2. The average molecular weight is 374 g/mol. The number of aromatic nitrogens is 3. The van der Waals surface area contributed by atoms with Crippen LogP contribution in [0.4, 0.5) is 5.82 Å². The Hall–Kier alpha value is -1.73. The molecule has 2 aliphatic heterocycles. The maximum absolute atomic E-state index is 5.51. The van der Waals surface area contributed by atoms with Crippen LogP contribution in [-0.2, 0) is 0 Å². The summed E-state index contributed by atoms with van der Waals surface area (Å²) in [5, 5.41) is 0. The first-order valence-electron chi connectivity index (χ1n) is 9.60. The van der Waals surface area contributed by atoms with E-state index in [9.17, 15) is 0 Å². The summed E-state index contributed by atoms with van der Waals surface area (Å²) in [6, 6.07) is 4.67. The van der Waals surface area contributed by atoms with E-state index >= 15 is 0 Å². The van der Waals surface area contributed by atoms with E-state index in [2.05, 4.69) is 23.5 Å². The molecule has 2 aromatic rings. The first-order valence-corrected chi connectivity index (χ1v) is 10.3.